The van der Waals surface area contributed by atoms with E-state index in [1.165, 1.54) is 6.92 Å². The molecule has 2 aromatic rings. The smallest absolute Gasteiger partial charge is 0.237 e. The normalized spacial score (nSPS) is 13.3. The second-order valence-electron chi connectivity index (χ2n) is 8.00. The Kier molecular flexibility index (Phi) is 10.6. The number of fused-ring (bicyclic) bond motifs is 1. The molecule has 33 heavy (non-hydrogen) atoms. The van der Waals surface area contributed by atoms with Gasteiger partial charge in [-0.1, -0.05) is 63.1 Å². The van der Waals surface area contributed by atoms with Crippen molar-refractivity contribution in [3.63, 3.8) is 0 Å². The largest absolute Gasteiger partial charge is 0.454 e. The van der Waals surface area contributed by atoms with Crippen LogP contribution < -0.4 is 20.5 Å². The number of carbonyl (C=O) groups is 3. The first-order valence-electron chi connectivity index (χ1n) is 11.4. The van der Waals surface area contributed by atoms with Crippen molar-refractivity contribution in [3.8, 4) is 11.5 Å². The van der Waals surface area contributed by atoms with Crippen molar-refractivity contribution in [3.05, 3.63) is 59.7 Å². The molecule has 1 aliphatic rings. The van der Waals surface area contributed by atoms with Crippen LogP contribution in [0.3, 0.4) is 0 Å². The highest BCUT2D eigenvalue weighted by Crippen LogP contribution is 2.34. The summed E-state index contributed by atoms with van der Waals surface area (Å²) in [6, 6.07) is 14.1. The van der Waals surface area contributed by atoms with Crippen molar-refractivity contribution in [2.45, 2.75) is 65.0 Å². The first-order valence-corrected chi connectivity index (χ1v) is 11.4. The summed E-state index contributed by atoms with van der Waals surface area (Å²) in [5.41, 5.74) is 7.53. The molecule has 1 amide bonds. The van der Waals surface area contributed by atoms with Crippen molar-refractivity contribution in [2.24, 2.45) is 5.73 Å². The summed E-state index contributed by atoms with van der Waals surface area (Å²) in [4.78, 5) is 34.0. The van der Waals surface area contributed by atoms with E-state index in [0.717, 1.165) is 42.7 Å². The van der Waals surface area contributed by atoms with Gasteiger partial charge in [-0.05, 0) is 37.5 Å². The van der Waals surface area contributed by atoms with E-state index >= 15 is 0 Å². The Morgan fingerprint density at radius 3 is 2.36 bits per heavy atom. The molecule has 0 fully saturated rings. The van der Waals surface area contributed by atoms with E-state index in [9.17, 15) is 14.4 Å². The second kappa shape index (κ2) is 13.4. The highest BCUT2D eigenvalue weighted by Gasteiger charge is 2.20. The van der Waals surface area contributed by atoms with Crippen molar-refractivity contribution in [1.29, 1.82) is 0 Å². The summed E-state index contributed by atoms with van der Waals surface area (Å²) >= 11 is 0. The number of Topliss-reactive ketones (excluding diaryl/α,β-unsaturated/α-hetero) is 2. The Hall–Kier alpha value is -3.19. The molecule has 0 aliphatic carbocycles. The molecule has 0 bridgehead atoms. The van der Waals surface area contributed by atoms with E-state index in [0.29, 0.717) is 5.56 Å². The van der Waals surface area contributed by atoms with Crippen molar-refractivity contribution in [1.82, 2.24) is 5.32 Å². The number of hydrogen-bond donors (Lipinski definition) is 2. The van der Waals surface area contributed by atoms with Crippen LogP contribution in [0.25, 0.3) is 0 Å². The fourth-order valence-corrected chi connectivity index (χ4v) is 3.34. The average Bonchev–Trinajstić information content (AvgIpc) is 3.29. The summed E-state index contributed by atoms with van der Waals surface area (Å²) in [6.07, 6.45) is 3.53. The Morgan fingerprint density at radius 1 is 1.03 bits per heavy atom. The Labute approximate surface area is 195 Å². The van der Waals surface area contributed by atoms with Crippen LogP contribution >= 0.6 is 0 Å². The van der Waals surface area contributed by atoms with Gasteiger partial charge in [0.2, 0.25) is 12.7 Å². The van der Waals surface area contributed by atoms with E-state index in [1.807, 2.05) is 31.2 Å². The van der Waals surface area contributed by atoms with E-state index in [4.69, 9.17) is 15.2 Å². The molecule has 0 saturated heterocycles. The molecular weight excluding hydrogens is 420 g/mol. The van der Waals surface area contributed by atoms with Gasteiger partial charge in [0.05, 0.1) is 18.5 Å². The molecule has 7 heteroatoms. The SMILES string of the molecule is CC(=O)CC(=O)c1ccccc1.CCCC[C@H](N)C(=O)N[C@@H](CC)c1ccc2c(c1)OCO2. The van der Waals surface area contributed by atoms with Crippen molar-refractivity contribution in [2.75, 3.05) is 6.79 Å². The number of nitrogens with one attached hydrogen (secondary N) is 1. The lowest BCUT2D eigenvalue weighted by Gasteiger charge is -2.20. The predicted octanol–water partition coefficient (Wildman–Crippen LogP) is 4.35. The average molecular weight is 455 g/mol. The Morgan fingerprint density at radius 2 is 1.73 bits per heavy atom. The lowest BCUT2D eigenvalue weighted by molar-refractivity contribution is -0.123. The van der Waals surface area contributed by atoms with Gasteiger partial charge in [0, 0.05) is 5.56 Å². The molecular formula is C26H34N2O5. The van der Waals surface area contributed by atoms with Crippen molar-refractivity contribution >= 4 is 17.5 Å². The standard InChI is InChI=1S/C16H24N2O3.C10H10O2/c1-3-5-6-12(17)16(19)18-13(4-2)11-7-8-14-15(9-11)21-10-20-14;1-8(11)7-10(12)9-5-3-2-4-6-9/h7-9,12-13H,3-6,10,17H2,1-2H3,(H,18,19);2-6H,7H2,1H3/t12-,13-;/m0./s1. The highest BCUT2D eigenvalue weighted by molar-refractivity contribution is 6.07. The summed E-state index contributed by atoms with van der Waals surface area (Å²) < 4.78 is 10.7. The number of amides is 1. The molecule has 7 nitrogen and oxygen atoms in total. The number of ketones is 2. The summed E-state index contributed by atoms with van der Waals surface area (Å²) in [5, 5.41) is 3.02. The fourth-order valence-electron chi connectivity index (χ4n) is 3.34. The number of ether oxygens (including phenoxy) is 2. The summed E-state index contributed by atoms with van der Waals surface area (Å²) in [7, 11) is 0. The van der Waals surface area contributed by atoms with Crippen LogP contribution in [0, 0.1) is 0 Å². The minimum absolute atomic E-state index is 0.00398. The van der Waals surface area contributed by atoms with Gasteiger partial charge in [-0.25, -0.2) is 0 Å². The predicted molar refractivity (Wildman–Crippen MR) is 127 cm³/mol. The van der Waals surface area contributed by atoms with Crippen LogP contribution in [0.1, 0.15) is 74.8 Å². The highest BCUT2D eigenvalue weighted by atomic mass is 16.7. The molecule has 0 unspecified atom stereocenters. The number of rotatable bonds is 10. The third-order valence-corrected chi connectivity index (χ3v) is 5.23. The maximum atomic E-state index is 12.1. The van der Waals surface area contributed by atoms with Gasteiger partial charge in [0.25, 0.3) is 0 Å². The molecule has 3 N–H and O–H groups in total. The van der Waals surface area contributed by atoms with Gasteiger partial charge < -0.3 is 20.5 Å². The maximum Gasteiger partial charge on any atom is 0.237 e. The monoisotopic (exact) mass is 454 g/mol. The third kappa shape index (κ3) is 8.35. The molecule has 0 saturated carbocycles. The molecule has 1 heterocycles. The van der Waals surface area contributed by atoms with Gasteiger partial charge >= 0.3 is 0 Å². The van der Waals surface area contributed by atoms with Gasteiger partial charge in [-0.3, -0.25) is 14.4 Å². The van der Waals surface area contributed by atoms with Crippen LogP contribution in [0.15, 0.2) is 48.5 Å². The second-order valence-corrected chi connectivity index (χ2v) is 8.00. The summed E-state index contributed by atoms with van der Waals surface area (Å²) in [5.74, 6) is 1.19. The minimum Gasteiger partial charge on any atom is -0.454 e. The fraction of sp³-hybridized carbons (Fsp3) is 0.423. The lowest BCUT2D eigenvalue weighted by Crippen LogP contribution is -2.42. The third-order valence-electron chi connectivity index (χ3n) is 5.23. The van der Waals surface area contributed by atoms with E-state index in [2.05, 4.69) is 12.2 Å². The van der Waals surface area contributed by atoms with Gasteiger partial charge in [0.1, 0.15) is 5.78 Å². The first-order chi connectivity index (χ1) is 15.8. The lowest BCUT2D eigenvalue weighted by atomic mass is 10.0. The Balaban J connectivity index is 0.000000273. The van der Waals surface area contributed by atoms with Crippen LogP contribution in [0.2, 0.25) is 0 Å². The molecule has 0 spiro atoms. The molecule has 2 atom stereocenters. The Bertz CT molecular complexity index is 930. The zero-order chi connectivity index (χ0) is 24.2. The zero-order valence-corrected chi connectivity index (χ0v) is 19.6. The molecule has 2 aromatic carbocycles. The molecule has 0 radical (unpaired) electrons. The van der Waals surface area contributed by atoms with Gasteiger partial charge in [-0.15, -0.1) is 0 Å². The zero-order valence-electron chi connectivity index (χ0n) is 19.6. The van der Waals surface area contributed by atoms with E-state index in [1.54, 1.807) is 24.3 Å². The number of nitrogens with two attached hydrogens (primary N) is 1. The molecule has 1 aliphatic heterocycles. The number of benzene rings is 2. The molecule has 178 valence electrons. The quantitative estimate of drug-likeness (QED) is 0.408. The molecule has 0 aromatic heterocycles. The van der Waals surface area contributed by atoms with Gasteiger partial charge in [-0.2, -0.15) is 0 Å². The number of unbranched alkanes of at least 4 members (excludes halogenated alkanes) is 1. The maximum absolute atomic E-state index is 12.1. The van der Waals surface area contributed by atoms with Crippen molar-refractivity contribution < 1.29 is 23.9 Å². The van der Waals surface area contributed by atoms with E-state index < -0.39 is 6.04 Å². The topological polar surface area (TPSA) is 108 Å². The minimum atomic E-state index is -0.437. The molecule has 3 rings (SSSR count). The summed E-state index contributed by atoms with van der Waals surface area (Å²) in [6.45, 7) is 5.80. The number of carbonyl (C=O) groups excluding carboxylic acids is 3. The first kappa shape index (κ1) is 26.1. The van der Waals surface area contributed by atoms with Crippen LogP contribution in [-0.4, -0.2) is 30.3 Å². The van der Waals surface area contributed by atoms with Gasteiger partial charge in [0.15, 0.2) is 17.3 Å². The van der Waals surface area contributed by atoms with E-state index in [-0.39, 0.29) is 36.7 Å². The van der Waals surface area contributed by atoms with Crippen LogP contribution in [0.4, 0.5) is 0 Å². The van der Waals surface area contributed by atoms with Crippen LogP contribution in [0.5, 0.6) is 11.5 Å². The number of hydrogen-bond acceptors (Lipinski definition) is 6. The van der Waals surface area contributed by atoms with Crippen LogP contribution in [-0.2, 0) is 9.59 Å².